The molecule has 1 amide bonds. The highest BCUT2D eigenvalue weighted by molar-refractivity contribution is 9.10. The number of amides is 1. The molecule has 2 heterocycles. The first-order valence-electron chi connectivity index (χ1n) is 7.28. The zero-order valence-electron chi connectivity index (χ0n) is 12.9. The van der Waals surface area contributed by atoms with E-state index in [0.29, 0.717) is 10.2 Å². The molecule has 0 aliphatic carbocycles. The fourth-order valence-electron chi connectivity index (χ4n) is 2.46. The lowest BCUT2D eigenvalue weighted by atomic mass is 10.1. The number of aryl methyl sites for hydroxylation is 1. The standard InChI is InChI=1S/C17H17BrN4O/c1-12(20-17(23)16-15(18)11-19-21(16)2)13-5-7-14(8-6-13)22-9-3-4-10-22/h3-12H,1-2H3,(H,20,23). The van der Waals surface area contributed by atoms with Crippen LogP contribution in [0.3, 0.4) is 0 Å². The van der Waals surface area contributed by atoms with Gasteiger partial charge in [-0.3, -0.25) is 9.48 Å². The van der Waals surface area contributed by atoms with Crippen LogP contribution in [0.4, 0.5) is 0 Å². The monoisotopic (exact) mass is 372 g/mol. The molecule has 1 atom stereocenters. The molecule has 0 aliphatic rings. The molecule has 0 saturated heterocycles. The van der Waals surface area contributed by atoms with E-state index in [0.717, 1.165) is 11.3 Å². The minimum atomic E-state index is -0.154. The number of benzene rings is 1. The number of carbonyl (C=O) groups is 1. The molecule has 0 radical (unpaired) electrons. The van der Waals surface area contributed by atoms with Gasteiger partial charge in [0.05, 0.1) is 16.7 Å². The first kappa shape index (κ1) is 15.6. The van der Waals surface area contributed by atoms with Crippen molar-refractivity contribution in [1.82, 2.24) is 19.7 Å². The molecule has 1 N–H and O–H groups in total. The Hall–Kier alpha value is -2.34. The van der Waals surface area contributed by atoms with Gasteiger partial charge < -0.3 is 9.88 Å². The second kappa shape index (κ2) is 6.42. The average Bonchev–Trinajstić information content (AvgIpc) is 3.17. The van der Waals surface area contributed by atoms with Crippen molar-refractivity contribution in [3.63, 3.8) is 0 Å². The summed E-state index contributed by atoms with van der Waals surface area (Å²) in [6.07, 6.45) is 5.62. The molecule has 0 bridgehead atoms. The molecule has 5 nitrogen and oxygen atoms in total. The van der Waals surface area contributed by atoms with Crippen LogP contribution in [0.2, 0.25) is 0 Å². The lowest BCUT2D eigenvalue weighted by molar-refractivity contribution is 0.0929. The fourth-order valence-corrected chi connectivity index (χ4v) is 2.98. The number of halogens is 1. The summed E-state index contributed by atoms with van der Waals surface area (Å²) in [5, 5.41) is 7.06. The van der Waals surface area contributed by atoms with Crippen LogP contribution < -0.4 is 5.32 Å². The number of carbonyl (C=O) groups excluding carboxylic acids is 1. The van der Waals surface area contributed by atoms with Gasteiger partial charge in [0, 0.05) is 25.1 Å². The molecule has 2 aromatic heterocycles. The molecule has 1 aromatic carbocycles. The highest BCUT2D eigenvalue weighted by Gasteiger charge is 2.17. The minimum Gasteiger partial charge on any atom is -0.344 e. The number of nitrogens with one attached hydrogen (secondary N) is 1. The number of hydrogen-bond acceptors (Lipinski definition) is 2. The Kier molecular flexibility index (Phi) is 4.34. The van der Waals surface area contributed by atoms with E-state index in [1.54, 1.807) is 17.9 Å². The molecule has 6 heteroatoms. The van der Waals surface area contributed by atoms with E-state index < -0.39 is 0 Å². The van der Waals surface area contributed by atoms with E-state index in [1.165, 1.54) is 0 Å². The van der Waals surface area contributed by atoms with Gasteiger partial charge in [-0.05, 0) is 52.7 Å². The van der Waals surface area contributed by atoms with E-state index in [9.17, 15) is 4.79 Å². The Labute approximate surface area is 143 Å². The lowest BCUT2D eigenvalue weighted by Gasteiger charge is -2.15. The molecule has 0 saturated carbocycles. The summed E-state index contributed by atoms with van der Waals surface area (Å²) in [6.45, 7) is 1.97. The molecule has 3 rings (SSSR count). The van der Waals surface area contributed by atoms with Gasteiger partial charge in [-0.2, -0.15) is 5.10 Å². The van der Waals surface area contributed by atoms with Crippen molar-refractivity contribution in [3.05, 3.63) is 70.7 Å². The molecule has 3 aromatic rings. The predicted octanol–water partition coefficient (Wildman–Crippen LogP) is 3.46. The Morgan fingerprint density at radius 1 is 1.22 bits per heavy atom. The van der Waals surface area contributed by atoms with Crippen LogP contribution in [0, 0.1) is 0 Å². The first-order valence-corrected chi connectivity index (χ1v) is 8.07. The van der Waals surface area contributed by atoms with Crippen molar-refractivity contribution in [2.75, 3.05) is 0 Å². The highest BCUT2D eigenvalue weighted by atomic mass is 79.9. The summed E-state index contributed by atoms with van der Waals surface area (Å²) in [5.41, 5.74) is 2.65. The fraction of sp³-hybridized carbons (Fsp3) is 0.176. The van der Waals surface area contributed by atoms with Crippen LogP contribution in [-0.4, -0.2) is 20.3 Å². The van der Waals surface area contributed by atoms with Gasteiger partial charge in [-0.15, -0.1) is 0 Å². The van der Waals surface area contributed by atoms with Crippen molar-refractivity contribution in [2.45, 2.75) is 13.0 Å². The lowest BCUT2D eigenvalue weighted by Crippen LogP contribution is -2.28. The van der Waals surface area contributed by atoms with E-state index >= 15 is 0 Å². The van der Waals surface area contributed by atoms with Crippen LogP contribution in [0.15, 0.2) is 59.5 Å². The Morgan fingerprint density at radius 3 is 2.43 bits per heavy atom. The third-order valence-electron chi connectivity index (χ3n) is 3.75. The summed E-state index contributed by atoms with van der Waals surface area (Å²) in [6, 6.07) is 12.0. The van der Waals surface area contributed by atoms with Crippen molar-refractivity contribution < 1.29 is 4.79 Å². The number of hydrogen-bond donors (Lipinski definition) is 1. The molecule has 0 fully saturated rings. The second-order valence-electron chi connectivity index (χ2n) is 5.34. The quantitative estimate of drug-likeness (QED) is 0.762. The molecular weight excluding hydrogens is 356 g/mol. The highest BCUT2D eigenvalue weighted by Crippen LogP contribution is 2.19. The maximum absolute atomic E-state index is 12.4. The summed E-state index contributed by atoms with van der Waals surface area (Å²) in [5.74, 6) is -0.154. The molecule has 118 valence electrons. The summed E-state index contributed by atoms with van der Waals surface area (Å²) in [7, 11) is 1.75. The topological polar surface area (TPSA) is 51.9 Å². The molecule has 0 spiro atoms. The number of nitrogens with zero attached hydrogens (tertiary/aromatic N) is 3. The van der Waals surface area contributed by atoms with Gasteiger partial charge in [0.1, 0.15) is 5.69 Å². The SMILES string of the molecule is CC(NC(=O)c1c(Br)cnn1C)c1ccc(-n2cccc2)cc1. The normalized spacial score (nSPS) is 12.1. The van der Waals surface area contributed by atoms with Gasteiger partial charge in [-0.25, -0.2) is 0 Å². The van der Waals surface area contributed by atoms with E-state index in [1.807, 2.05) is 60.3 Å². The number of aromatic nitrogens is 3. The van der Waals surface area contributed by atoms with Gasteiger partial charge >= 0.3 is 0 Å². The Balaban J connectivity index is 1.73. The maximum Gasteiger partial charge on any atom is 0.271 e. The number of rotatable bonds is 4. The Bertz CT molecular complexity index is 786. The van der Waals surface area contributed by atoms with Gasteiger partial charge in [-0.1, -0.05) is 12.1 Å². The van der Waals surface area contributed by atoms with E-state index in [2.05, 4.69) is 26.3 Å². The van der Waals surface area contributed by atoms with Gasteiger partial charge in [0.2, 0.25) is 0 Å². The minimum absolute atomic E-state index is 0.0944. The first-order chi connectivity index (χ1) is 11.1. The zero-order chi connectivity index (χ0) is 16.4. The molecular formula is C17H17BrN4O. The van der Waals surface area contributed by atoms with Gasteiger partial charge in [0.15, 0.2) is 0 Å². The summed E-state index contributed by atoms with van der Waals surface area (Å²) >= 11 is 3.35. The largest absolute Gasteiger partial charge is 0.344 e. The molecule has 1 unspecified atom stereocenters. The van der Waals surface area contributed by atoms with Gasteiger partial charge in [0.25, 0.3) is 5.91 Å². The van der Waals surface area contributed by atoms with Crippen LogP contribution in [0.1, 0.15) is 29.0 Å². The van der Waals surface area contributed by atoms with E-state index in [-0.39, 0.29) is 11.9 Å². The van der Waals surface area contributed by atoms with E-state index in [4.69, 9.17) is 0 Å². The van der Waals surface area contributed by atoms with Crippen molar-refractivity contribution in [3.8, 4) is 5.69 Å². The maximum atomic E-state index is 12.4. The average molecular weight is 373 g/mol. The second-order valence-corrected chi connectivity index (χ2v) is 6.20. The van der Waals surface area contributed by atoms with Crippen molar-refractivity contribution in [1.29, 1.82) is 0 Å². The molecule has 0 aliphatic heterocycles. The molecule has 23 heavy (non-hydrogen) atoms. The zero-order valence-corrected chi connectivity index (χ0v) is 14.5. The summed E-state index contributed by atoms with van der Waals surface area (Å²) in [4.78, 5) is 12.4. The van der Waals surface area contributed by atoms with Crippen molar-refractivity contribution >= 4 is 21.8 Å². The van der Waals surface area contributed by atoms with Crippen molar-refractivity contribution in [2.24, 2.45) is 7.05 Å². The Morgan fingerprint density at radius 2 is 1.87 bits per heavy atom. The van der Waals surface area contributed by atoms with Crippen LogP contribution >= 0.6 is 15.9 Å². The third kappa shape index (κ3) is 3.22. The van der Waals surface area contributed by atoms with Crippen LogP contribution in [0.25, 0.3) is 5.69 Å². The predicted molar refractivity (Wildman–Crippen MR) is 92.6 cm³/mol. The van der Waals surface area contributed by atoms with Crippen LogP contribution in [0.5, 0.6) is 0 Å². The van der Waals surface area contributed by atoms with Crippen LogP contribution in [-0.2, 0) is 7.05 Å². The smallest absolute Gasteiger partial charge is 0.271 e. The third-order valence-corrected chi connectivity index (χ3v) is 4.33. The summed E-state index contributed by atoms with van der Waals surface area (Å²) < 4.78 is 4.29.